The number of amides is 1. The number of aromatic nitrogens is 2. The van der Waals surface area contributed by atoms with Gasteiger partial charge in [-0.25, -0.2) is 13.5 Å². The number of carbonyl (C=O) groups is 1. The molecule has 2 aromatic carbocycles. The van der Waals surface area contributed by atoms with E-state index in [0.29, 0.717) is 47.2 Å². The van der Waals surface area contributed by atoms with Gasteiger partial charge in [0.2, 0.25) is 5.75 Å². The van der Waals surface area contributed by atoms with Gasteiger partial charge in [-0.1, -0.05) is 6.07 Å². The SMILES string of the molecule is COc1ccc(CCNC(=O)c2c(C)nn(-c3ccc(F)cc3F)c2C)c(OC)c1OC. The third-order valence-corrected chi connectivity index (χ3v) is 5.12. The number of rotatable bonds is 8. The highest BCUT2D eigenvalue weighted by Gasteiger charge is 2.21. The number of hydrogen-bond acceptors (Lipinski definition) is 5. The largest absolute Gasteiger partial charge is 0.493 e. The second-order valence-corrected chi connectivity index (χ2v) is 7.05. The number of benzene rings is 2. The zero-order valence-electron chi connectivity index (χ0n) is 18.6. The molecule has 0 spiro atoms. The van der Waals surface area contributed by atoms with Gasteiger partial charge in [0.1, 0.15) is 11.5 Å². The molecule has 0 aliphatic heterocycles. The number of nitrogens with zero attached hydrogens (tertiary/aromatic N) is 2. The topological polar surface area (TPSA) is 74.6 Å². The molecule has 1 heterocycles. The summed E-state index contributed by atoms with van der Waals surface area (Å²) in [5.74, 6) is -0.224. The first kappa shape index (κ1) is 23.1. The summed E-state index contributed by atoms with van der Waals surface area (Å²) in [6.45, 7) is 3.64. The number of carbonyl (C=O) groups excluding carboxylic acids is 1. The Morgan fingerprint density at radius 1 is 1.03 bits per heavy atom. The molecule has 0 bridgehead atoms. The molecule has 0 aliphatic carbocycles. The van der Waals surface area contributed by atoms with Gasteiger partial charge in [0, 0.05) is 18.2 Å². The second kappa shape index (κ2) is 9.67. The van der Waals surface area contributed by atoms with Crippen molar-refractivity contribution < 1.29 is 27.8 Å². The Balaban J connectivity index is 1.77. The number of ether oxygens (including phenoxy) is 3. The number of nitrogens with one attached hydrogen (secondary N) is 1. The van der Waals surface area contributed by atoms with Crippen molar-refractivity contribution in [3.63, 3.8) is 0 Å². The predicted molar refractivity (Wildman–Crippen MR) is 115 cm³/mol. The van der Waals surface area contributed by atoms with Gasteiger partial charge in [0.05, 0.1) is 38.3 Å². The van der Waals surface area contributed by atoms with Gasteiger partial charge in [-0.15, -0.1) is 0 Å². The predicted octanol–water partition coefficient (Wildman–Crippen LogP) is 3.77. The van der Waals surface area contributed by atoms with Crippen molar-refractivity contribution in [2.45, 2.75) is 20.3 Å². The molecule has 3 aromatic rings. The Morgan fingerprint density at radius 2 is 1.75 bits per heavy atom. The lowest BCUT2D eigenvalue weighted by molar-refractivity contribution is 0.0952. The summed E-state index contributed by atoms with van der Waals surface area (Å²) in [6, 6.07) is 6.83. The molecule has 0 aliphatic rings. The molecular weight excluding hydrogens is 420 g/mol. The lowest BCUT2D eigenvalue weighted by Crippen LogP contribution is -2.27. The highest BCUT2D eigenvalue weighted by atomic mass is 19.1. The van der Waals surface area contributed by atoms with Gasteiger partial charge in [0.25, 0.3) is 5.91 Å². The summed E-state index contributed by atoms with van der Waals surface area (Å²) >= 11 is 0. The van der Waals surface area contributed by atoms with E-state index in [-0.39, 0.29) is 11.6 Å². The summed E-state index contributed by atoms with van der Waals surface area (Å²) in [5.41, 5.74) is 2.14. The van der Waals surface area contributed by atoms with Gasteiger partial charge >= 0.3 is 0 Å². The zero-order valence-corrected chi connectivity index (χ0v) is 18.6. The Morgan fingerprint density at radius 3 is 2.38 bits per heavy atom. The van der Waals surface area contributed by atoms with Crippen LogP contribution in [-0.4, -0.2) is 43.6 Å². The van der Waals surface area contributed by atoms with Gasteiger partial charge in [-0.3, -0.25) is 4.79 Å². The monoisotopic (exact) mass is 445 g/mol. The summed E-state index contributed by atoms with van der Waals surface area (Å²) < 4.78 is 44.9. The van der Waals surface area contributed by atoms with Crippen LogP contribution in [-0.2, 0) is 6.42 Å². The van der Waals surface area contributed by atoms with Crippen LogP contribution in [0.3, 0.4) is 0 Å². The first-order chi connectivity index (χ1) is 15.3. The van der Waals surface area contributed by atoms with Crippen molar-refractivity contribution in [1.82, 2.24) is 15.1 Å². The van der Waals surface area contributed by atoms with E-state index in [2.05, 4.69) is 10.4 Å². The minimum Gasteiger partial charge on any atom is -0.493 e. The van der Waals surface area contributed by atoms with Crippen molar-refractivity contribution in [3.05, 3.63) is 64.5 Å². The minimum atomic E-state index is -0.761. The average Bonchev–Trinajstić information content (AvgIpc) is 3.06. The first-order valence-electron chi connectivity index (χ1n) is 9.90. The van der Waals surface area contributed by atoms with E-state index in [4.69, 9.17) is 14.2 Å². The molecule has 170 valence electrons. The maximum absolute atomic E-state index is 14.2. The van der Waals surface area contributed by atoms with Crippen LogP contribution in [0.15, 0.2) is 30.3 Å². The molecule has 0 unspecified atom stereocenters. The minimum absolute atomic E-state index is 0.0705. The lowest BCUT2D eigenvalue weighted by Gasteiger charge is -2.16. The molecule has 1 aromatic heterocycles. The molecule has 1 amide bonds. The molecule has 0 radical (unpaired) electrons. The fourth-order valence-corrected chi connectivity index (χ4v) is 3.62. The van der Waals surface area contributed by atoms with E-state index in [0.717, 1.165) is 17.7 Å². The van der Waals surface area contributed by atoms with E-state index in [1.165, 1.54) is 25.0 Å². The van der Waals surface area contributed by atoms with Gasteiger partial charge in [0.15, 0.2) is 17.3 Å². The smallest absolute Gasteiger partial charge is 0.255 e. The van der Waals surface area contributed by atoms with Crippen LogP contribution >= 0.6 is 0 Å². The van der Waals surface area contributed by atoms with E-state index in [9.17, 15) is 13.6 Å². The molecule has 3 rings (SSSR count). The third-order valence-electron chi connectivity index (χ3n) is 5.12. The van der Waals surface area contributed by atoms with E-state index in [1.807, 2.05) is 6.07 Å². The normalized spacial score (nSPS) is 10.7. The highest BCUT2D eigenvalue weighted by molar-refractivity contribution is 5.96. The Hall–Kier alpha value is -3.62. The van der Waals surface area contributed by atoms with Gasteiger partial charge in [-0.05, 0) is 38.5 Å². The molecular formula is C23H25F2N3O4. The van der Waals surface area contributed by atoms with Crippen molar-refractivity contribution in [1.29, 1.82) is 0 Å². The van der Waals surface area contributed by atoms with Crippen molar-refractivity contribution >= 4 is 5.91 Å². The standard InChI is InChI=1S/C23H25F2N3O4/c1-13-20(14(2)28(27-13)18-8-7-16(24)12-17(18)25)23(29)26-11-10-15-6-9-19(30-3)22(32-5)21(15)31-4/h6-9,12H,10-11H2,1-5H3,(H,26,29). The molecule has 7 nitrogen and oxygen atoms in total. The number of halogens is 2. The van der Waals surface area contributed by atoms with E-state index < -0.39 is 11.6 Å². The fourth-order valence-electron chi connectivity index (χ4n) is 3.62. The highest BCUT2D eigenvalue weighted by Crippen LogP contribution is 2.39. The van der Waals surface area contributed by atoms with Gasteiger partial charge < -0.3 is 19.5 Å². The molecule has 9 heteroatoms. The second-order valence-electron chi connectivity index (χ2n) is 7.05. The van der Waals surface area contributed by atoms with Crippen LogP contribution in [0.5, 0.6) is 17.2 Å². The number of methoxy groups -OCH3 is 3. The number of aryl methyl sites for hydroxylation is 1. The summed E-state index contributed by atoms with van der Waals surface area (Å²) in [6.07, 6.45) is 0.480. The molecule has 32 heavy (non-hydrogen) atoms. The van der Waals surface area contributed by atoms with E-state index >= 15 is 0 Å². The van der Waals surface area contributed by atoms with Crippen molar-refractivity contribution in [3.8, 4) is 22.9 Å². The van der Waals surface area contributed by atoms with Crippen LogP contribution in [0.4, 0.5) is 8.78 Å². The van der Waals surface area contributed by atoms with Crippen LogP contribution in [0.1, 0.15) is 27.3 Å². The first-order valence-corrected chi connectivity index (χ1v) is 9.90. The molecule has 1 N–H and O–H groups in total. The van der Waals surface area contributed by atoms with Crippen molar-refractivity contribution in [2.24, 2.45) is 0 Å². The molecule has 0 fully saturated rings. The van der Waals surface area contributed by atoms with Crippen molar-refractivity contribution in [2.75, 3.05) is 27.9 Å². The summed E-state index contributed by atoms with van der Waals surface area (Å²) in [5, 5.41) is 7.13. The molecule has 0 saturated carbocycles. The Bertz CT molecular complexity index is 1140. The van der Waals surface area contributed by atoms with Crippen LogP contribution in [0.2, 0.25) is 0 Å². The quantitative estimate of drug-likeness (QED) is 0.572. The Labute approximate surface area is 184 Å². The van der Waals surface area contributed by atoms with Crippen LogP contribution in [0.25, 0.3) is 5.69 Å². The van der Waals surface area contributed by atoms with Gasteiger partial charge in [-0.2, -0.15) is 5.10 Å². The number of hydrogen-bond donors (Lipinski definition) is 1. The summed E-state index contributed by atoms with van der Waals surface area (Å²) in [7, 11) is 4.61. The third kappa shape index (κ3) is 4.37. The molecule has 0 saturated heterocycles. The average molecular weight is 445 g/mol. The maximum Gasteiger partial charge on any atom is 0.255 e. The van der Waals surface area contributed by atoms with E-state index in [1.54, 1.807) is 27.0 Å². The maximum atomic E-state index is 14.2. The fraction of sp³-hybridized carbons (Fsp3) is 0.304. The van der Waals surface area contributed by atoms with Crippen LogP contribution < -0.4 is 19.5 Å². The molecule has 0 atom stereocenters. The summed E-state index contributed by atoms with van der Waals surface area (Å²) in [4.78, 5) is 12.8. The Kier molecular flexibility index (Phi) is 6.97. The zero-order chi connectivity index (χ0) is 23.4. The van der Waals surface area contributed by atoms with Crippen LogP contribution in [0, 0.1) is 25.5 Å². The lowest BCUT2D eigenvalue weighted by atomic mass is 10.1.